The number of nitrogens with zero attached hydrogens (tertiary/aromatic N) is 1. The first-order valence-electron chi connectivity index (χ1n) is 3.12. The Morgan fingerprint density at radius 3 is 2.00 bits per heavy atom. The van der Waals surface area contributed by atoms with Gasteiger partial charge in [0, 0.05) is 6.54 Å². The molecule has 0 aromatic heterocycles. The highest BCUT2D eigenvalue weighted by Crippen LogP contribution is 2.02. The molecule has 0 aliphatic heterocycles. The monoisotopic (exact) mass is 114 g/mol. The zero-order valence-electron chi connectivity index (χ0n) is 6.31. The van der Waals surface area contributed by atoms with Gasteiger partial charge in [0.15, 0.2) is 0 Å². The van der Waals surface area contributed by atoms with E-state index < -0.39 is 0 Å². The third-order valence-corrected chi connectivity index (χ3v) is 0.942. The second-order valence-corrected chi connectivity index (χ2v) is 2.78. The van der Waals surface area contributed by atoms with Crippen LogP contribution in [0.4, 0.5) is 0 Å². The van der Waals surface area contributed by atoms with Gasteiger partial charge in [0.05, 0.1) is 0 Å². The quantitative estimate of drug-likeness (QED) is 0.540. The predicted octanol–water partition coefficient (Wildman–Crippen LogP) is 1.76. The van der Waals surface area contributed by atoms with Crippen LogP contribution in [-0.2, 0) is 0 Å². The van der Waals surface area contributed by atoms with Crippen LogP contribution in [0, 0.1) is 12.5 Å². The summed E-state index contributed by atoms with van der Waals surface area (Å²) in [6, 6.07) is 0. The molecule has 0 aliphatic carbocycles. The summed E-state index contributed by atoms with van der Waals surface area (Å²) in [5.41, 5.74) is 0. The molecule has 1 nitrogen and oxygen atoms in total. The van der Waals surface area contributed by atoms with E-state index in [-0.39, 0.29) is 0 Å². The van der Waals surface area contributed by atoms with Gasteiger partial charge < -0.3 is 4.90 Å². The summed E-state index contributed by atoms with van der Waals surface area (Å²) in [6.07, 6.45) is 1.19. The number of hydrogen-bond donors (Lipinski definition) is 0. The molecule has 0 unspecified atom stereocenters. The summed E-state index contributed by atoms with van der Waals surface area (Å²) in [6.45, 7) is 6.64. The van der Waals surface area contributed by atoms with Crippen molar-refractivity contribution in [1.82, 2.24) is 4.90 Å². The van der Waals surface area contributed by atoms with Gasteiger partial charge in [-0.15, -0.1) is 0 Å². The van der Waals surface area contributed by atoms with Crippen molar-refractivity contribution in [3.8, 4) is 0 Å². The Bertz CT molecular complexity index is 40.3. The molecule has 0 heterocycles. The van der Waals surface area contributed by atoms with E-state index in [0.717, 1.165) is 5.92 Å². The van der Waals surface area contributed by atoms with Gasteiger partial charge in [-0.3, -0.25) is 0 Å². The van der Waals surface area contributed by atoms with Gasteiger partial charge in [0.25, 0.3) is 0 Å². The van der Waals surface area contributed by atoms with Gasteiger partial charge in [-0.2, -0.15) is 0 Å². The minimum atomic E-state index is 0.789. The van der Waals surface area contributed by atoms with E-state index in [2.05, 4.69) is 39.4 Å². The van der Waals surface area contributed by atoms with Crippen LogP contribution in [0.15, 0.2) is 0 Å². The first kappa shape index (κ1) is 7.96. The van der Waals surface area contributed by atoms with Crippen LogP contribution in [0.2, 0.25) is 0 Å². The number of rotatable bonds is 3. The van der Waals surface area contributed by atoms with E-state index in [9.17, 15) is 0 Å². The second-order valence-electron chi connectivity index (χ2n) is 2.78. The smallest absolute Gasteiger partial charge is 0.0247 e. The molecule has 0 atom stereocenters. The Morgan fingerprint density at radius 1 is 1.38 bits per heavy atom. The molecule has 0 aliphatic rings. The molecule has 0 fully saturated rings. The molecule has 49 valence electrons. The maximum atomic E-state index is 2.22. The molecular weight excluding hydrogens is 98.1 g/mol. The van der Waals surface area contributed by atoms with Crippen LogP contribution in [0.3, 0.4) is 0 Å². The summed E-state index contributed by atoms with van der Waals surface area (Å²) in [5.74, 6) is 0.789. The standard InChI is InChI=1S/C7H16N/c1-7(2)5-6-8(3)4/h6-7H,5H2,1-4H3. The van der Waals surface area contributed by atoms with Crippen LogP contribution in [0.25, 0.3) is 0 Å². The molecule has 0 N–H and O–H groups in total. The van der Waals surface area contributed by atoms with Crippen molar-refractivity contribution in [2.45, 2.75) is 20.3 Å². The molecule has 0 spiro atoms. The highest BCUT2D eigenvalue weighted by Gasteiger charge is 1.93. The topological polar surface area (TPSA) is 3.24 Å². The van der Waals surface area contributed by atoms with Crippen molar-refractivity contribution in [1.29, 1.82) is 0 Å². The molecule has 1 heteroatoms. The third kappa shape index (κ3) is 5.96. The average molecular weight is 114 g/mol. The molecule has 0 rings (SSSR count). The van der Waals surface area contributed by atoms with E-state index in [4.69, 9.17) is 0 Å². The Labute approximate surface area is 52.7 Å². The van der Waals surface area contributed by atoms with Crippen molar-refractivity contribution in [3.05, 3.63) is 6.54 Å². The summed E-state index contributed by atoms with van der Waals surface area (Å²) in [4.78, 5) is 2.10. The molecule has 0 aromatic carbocycles. The van der Waals surface area contributed by atoms with Crippen LogP contribution in [-0.4, -0.2) is 19.0 Å². The van der Waals surface area contributed by atoms with Crippen LogP contribution >= 0.6 is 0 Å². The zero-order valence-corrected chi connectivity index (χ0v) is 6.31. The van der Waals surface area contributed by atoms with E-state index in [1.807, 2.05) is 0 Å². The fourth-order valence-corrected chi connectivity index (χ4v) is 0.422. The molecule has 0 saturated carbocycles. The van der Waals surface area contributed by atoms with Gasteiger partial charge >= 0.3 is 0 Å². The molecular formula is C7H16N. The first-order valence-corrected chi connectivity index (χ1v) is 3.12. The third-order valence-electron chi connectivity index (χ3n) is 0.942. The van der Waals surface area contributed by atoms with Gasteiger partial charge in [0.2, 0.25) is 0 Å². The summed E-state index contributed by atoms with van der Waals surface area (Å²) < 4.78 is 0. The van der Waals surface area contributed by atoms with E-state index in [1.54, 1.807) is 0 Å². The van der Waals surface area contributed by atoms with Crippen molar-refractivity contribution in [3.63, 3.8) is 0 Å². The lowest BCUT2D eigenvalue weighted by Crippen LogP contribution is -2.08. The van der Waals surface area contributed by atoms with E-state index in [1.165, 1.54) is 6.42 Å². The summed E-state index contributed by atoms with van der Waals surface area (Å²) in [5, 5.41) is 0. The van der Waals surface area contributed by atoms with E-state index >= 15 is 0 Å². The fraction of sp³-hybridized carbons (Fsp3) is 0.857. The molecule has 0 aromatic rings. The zero-order chi connectivity index (χ0) is 6.57. The van der Waals surface area contributed by atoms with Crippen molar-refractivity contribution >= 4 is 0 Å². The summed E-state index contributed by atoms with van der Waals surface area (Å²) >= 11 is 0. The molecule has 8 heavy (non-hydrogen) atoms. The molecule has 1 radical (unpaired) electrons. The number of hydrogen-bond acceptors (Lipinski definition) is 1. The van der Waals surface area contributed by atoms with Crippen molar-refractivity contribution < 1.29 is 0 Å². The lowest BCUT2D eigenvalue weighted by molar-refractivity contribution is 0.442. The SMILES string of the molecule is CC(C)C[CH]N(C)C. The van der Waals surface area contributed by atoms with Gasteiger partial charge in [-0.1, -0.05) is 13.8 Å². The van der Waals surface area contributed by atoms with Crippen LogP contribution in [0.1, 0.15) is 20.3 Å². The van der Waals surface area contributed by atoms with Crippen LogP contribution in [0.5, 0.6) is 0 Å². The van der Waals surface area contributed by atoms with Crippen LogP contribution < -0.4 is 0 Å². The summed E-state index contributed by atoms with van der Waals surface area (Å²) in [7, 11) is 4.12. The average Bonchev–Trinajstić information content (AvgIpc) is 1.61. The van der Waals surface area contributed by atoms with Gasteiger partial charge in [0.1, 0.15) is 0 Å². The Hall–Kier alpha value is -0.0400. The minimum Gasteiger partial charge on any atom is -0.305 e. The maximum Gasteiger partial charge on any atom is 0.0247 e. The Morgan fingerprint density at radius 2 is 1.88 bits per heavy atom. The Kier molecular flexibility index (Phi) is 3.88. The molecule has 0 saturated heterocycles. The first-order chi connectivity index (χ1) is 3.63. The predicted molar refractivity (Wildman–Crippen MR) is 37.4 cm³/mol. The minimum absolute atomic E-state index is 0.789. The highest BCUT2D eigenvalue weighted by atomic mass is 15.0. The lowest BCUT2D eigenvalue weighted by atomic mass is 10.1. The van der Waals surface area contributed by atoms with E-state index in [0.29, 0.717) is 0 Å². The maximum absolute atomic E-state index is 2.22. The highest BCUT2D eigenvalue weighted by molar-refractivity contribution is 4.61. The van der Waals surface area contributed by atoms with Gasteiger partial charge in [-0.05, 0) is 26.4 Å². The second kappa shape index (κ2) is 3.90. The molecule has 0 bridgehead atoms. The fourth-order valence-electron chi connectivity index (χ4n) is 0.422. The molecule has 0 amide bonds. The Balaban J connectivity index is 2.93. The van der Waals surface area contributed by atoms with Crippen molar-refractivity contribution in [2.24, 2.45) is 5.92 Å². The van der Waals surface area contributed by atoms with Crippen molar-refractivity contribution in [2.75, 3.05) is 14.1 Å². The lowest BCUT2D eigenvalue weighted by Gasteiger charge is -2.09. The normalized spacial score (nSPS) is 11.2. The largest absolute Gasteiger partial charge is 0.305 e. The van der Waals surface area contributed by atoms with Gasteiger partial charge in [-0.25, -0.2) is 0 Å².